The first kappa shape index (κ1) is 15.6. The zero-order valence-electron chi connectivity index (χ0n) is 9.45. The summed E-state index contributed by atoms with van der Waals surface area (Å²) in [6, 6.07) is 4.89. The molecule has 1 atom stereocenters. The molecule has 1 rings (SSSR count). The number of nitrogens with two attached hydrogens (primary N) is 1. The number of hydrogen-bond acceptors (Lipinski definition) is 2. The van der Waals surface area contributed by atoms with Crippen molar-refractivity contribution >= 4 is 24.0 Å². The summed E-state index contributed by atoms with van der Waals surface area (Å²) in [4.78, 5) is 0. The minimum atomic E-state index is -0.116. The van der Waals surface area contributed by atoms with E-state index in [2.05, 4.69) is 6.92 Å². The van der Waals surface area contributed by atoms with E-state index in [1.54, 1.807) is 18.2 Å². The maximum absolute atomic E-state index is 9.62. The Bertz CT molecular complexity index is 318. The number of benzene rings is 1. The van der Waals surface area contributed by atoms with Gasteiger partial charge in [0, 0.05) is 16.6 Å². The summed E-state index contributed by atoms with van der Waals surface area (Å²) in [6.07, 6.45) is 4.33. The monoisotopic (exact) mass is 263 g/mol. The lowest BCUT2D eigenvalue weighted by atomic mass is 10.0. The molecular weight excluding hydrogens is 245 g/mol. The molecule has 0 aliphatic rings. The van der Waals surface area contributed by atoms with Gasteiger partial charge in [-0.05, 0) is 24.6 Å². The summed E-state index contributed by atoms with van der Waals surface area (Å²) in [7, 11) is 0. The normalized spacial score (nSPS) is 11.9. The molecule has 0 heterocycles. The van der Waals surface area contributed by atoms with Gasteiger partial charge in [0.2, 0.25) is 0 Å². The number of halogens is 2. The zero-order chi connectivity index (χ0) is 11.3. The first-order valence-corrected chi connectivity index (χ1v) is 5.77. The first-order chi connectivity index (χ1) is 7.15. The molecule has 0 saturated carbocycles. The van der Waals surface area contributed by atoms with Crippen LogP contribution in [0.1, 0.15) is 44.2 Å². The molecule has 0 spiro atoms. The molecule has 0 aliphatic heterocycles. The Morgan fingerprint density at radius 1 is 1.38 bits per heavy atom. The van der Waals surface area contributed by atoms with Crippen LogP contribution in [0, 0.1) is 0 Å². The molecule has 0 unspecified atom stereocenters. The molecule has 0 fully saturated rings. The lowest BCUT2D eigenvalue weighted by molar-refractivity contribution is 0.456. The largest absolute Gasteiger partial charge is 0.508 e. The van der Waals surface area contributed by atoms with E-state index in [9.17, 15) is 5.11 Å². The number of phenols is 1. The molecule has 3 N–H and O–H groups in total. The van der Waals surface area contributed by atoms with Crippen molar-refractivity contribution in [1.82, 2.24) is 0 Å². The maximum atomic E-state index is 9.62. The van der Waals surface area contributed by atoms with Gasteiger partial charge in [0.1, 0.15) is 5.75 Å². The van der Waals surface area contributed by atoms with Crippen molar-refractivity contribution < 1.29 is 5.11 Å². The van der Waals surface area contributed by atoms with Gasteiger partial charge in [0.05, 0.1) is 0 Å². The van der Waals surface area contributed by atoms with Gasteiger partial charge >= 0.3 is 0 Å². The molecule has 0 aliphatic carbocycles. The highest BCUT2D eigenvalue weighted by molar-refractivity contribution is 6.30. The molecule has 1 aromatic rings. The van der Waals surface area contributed by atoms with Crippen molar-refractivity contribution in [3.05, 3.63) is 28.8 Å². The molecule has 2 nitrogen and oxygen atoms in total. The van der Waals surface area contributed by atoms with Crippen molar-refractivity contribution in [2.45, 2.75) is 38.6 Å². The van der Waals surface area contributed by atoms with Crippen LogP contribution < -0.4 is 5.73 Å². The molecule has 0 radical (unpaired) electrons. The quantitative estimate of drug-likeness (QED) is 0.788. The van der Waals surface area contributed by atoms with E-state index in [4.69, 9.17) is 17.3 Å². The summed E-state index contributed by atoms with van der Waals surface area (Å²) in [5, 5.41) is 10.2. The SMILES string of the molecule is CCCCC[C@H](N)c1cc(Cl)ccc1O.Cl. The van der Waals surface area contributed by atoms with E-state index >= 15 is 0 Å². The van der Waals surface area contributed by atoms with Gasteiger partial charge < -0.3 is 10.8 Å². The van der Waals surface area contributed by atoms with Crippen LogP contribution in [0.5, 0.6) is 5.75 Å². The molecule has 0 bridgehead atoms. The minimum absolute atomic E-state index is 0. The van der Waals surface area contributed by atoms with Crippen molar-refractivity contribution in [2.24, 2.45) is 5.73 Å². The first-order valence-electron chi connectivity index (χ1n) is 5.39. The van der Waals surface area contributed by atoms with Crippen LogP contribution >= 0.6 is 24.0 Å². The highest BCUT2D eigenvalue weighted by Gasteiger charge is 2.10. The van der Waals surface area contributed by atoms with Crippen LogP contribution in [0.3, 0.4) is 0 Å². The van der Waals surface area contributed by atoms with Gasteiger partial charge in [-0.25, -0.2) is 0 Å². The van der Waals surface area contributed by atoms with Crippen LogP contribution in [0.2, 0.25) is 5.02 Å². The molecule has 16 heavy (non-hydrogen) atoms. The number of phenolic OH excluding ortho intramolecular Hbond substituents is 1. The fourth-order valence-corrected chi connectivity index (χ4v) is 1.77. The zero-order valence-corrected chi connectivity index (χ0v) is 11.0. The van der Waals surface area contributed by atoms with E-state index < -0.39 is 0 Å². The number of rotatable bonds is 5. The summed E-state index contributed by atoms with van der Waals surface area (Å²) in [5.41, 5.74) is 6.74. The van der Waals surface area contributed by atoms with E-state index in [-0.39, 0.29) is 24.2 Å². The fraction of sp³-hybridized carbons (Fsp3) is 0.500. The summed E-state index contributed by atoms with van der Waals surface area (Å²) >= 11 is 5.86. The average molecular weight is 264 g/mol. The number of unbranched alkanes of at least 4 members (excludes halogenated alkanes) is 2. The third kappa shape index (κ3) is 4.60. The van der Waals surface area contributed by atoms with E-state index in [0.29, 0.717) is 5.02 Å². The van der Waals surface area contributed by atoms with Gasteiger partial charge in [-0.1, -0.05) is 37.8 Å². The Kier molecular flexibility index (Phi) is 7.56. The molecular formula is C12H19Cl2NO. The standard InChI is InChI=1S/C12H18ClNO.ClH/c1-2-3-4-5-11(14)10-8-9(13)6-7-12(10)15;/h6-8,11,15H,2-5,14H2,1H3;1H/t11-;/m0./s1. The van der Waals surface area contributed by atoms with E-state index in [1.807, 2.05) is 0 Å². The second-order valence-corrected chi connectivity index (χ2v) is 4.24. The average Bonchev–Trinajstić information content (AvgIpc) is 2.22. The highest BCUT2D eigenvalue weighted by atomic mass is 35.5. The fourth-order valence-electron chi connectivity index (χ4n) is 1.59. The van der Waals surface area contributed by atoms with Crippen molar-refractivity contribution in [1.29, 1.82) is 0 Å². The Hall–Kier alpha value is -0.440. The summed E-state index contributed by atoms with van der Waals surface area (Å²) in [5.74, 6) is 0.239. The second-order valence-electron chi connectivity index (χ2n) is 3.81. The third-order valence-electron chi connectivity index (χ3n) is 2.51. The molecule has 92 valence electrons. The van der Waals surface area contributed by atoms with Gasteiger partial charge in [0.15, 0.2) is 0 Å². The van der Waals surface area contributed by atoms with Crippen LogP contribution in [0.15, 0.2) is 18.2 Å². The summed E-state index contributed by atoms with van der Waals surface area (Å²) in [6.45, 7) is 2.16. The molecule has 0 aromatic heterocycles. The lowest BCUT2D eigenvalue weighted by Crippen LogP contribution is -2.10. The molecule has 1 aromatic carbocycles. The lowest BCUT2D eigenvalue weighted by Gasteiger charge is -2.13. The minimum Gasteiger partial charge on any atom is -0.508 e. The Labute approximate surface area is 108 Å². The van der Waals surface area contributed by atoms with Gasteiger partial charge in [-0.3, -0.25) is 0 Å². The van der Waals surface area contributed by atoms with Gasteiger partial charge in [0.25, 0.3) is 0 Å². The van der Waals surface area contributed by atoms with Crippen molar-refractivity contribution in [2.75, 3.05) is 0 Å². The van der Waals surface area contributed by atoms with Crippen LogP contribution in [0.25, 0.3) is 0 Å². The Morgan fingerprint density at radius 2 is 2.06 bits per heavy atom. The molecule has 0 amide bonds. The second kappa shape index (κ2) is 7.77. The predicted molar refractivity (Wildman–Crippen MR) is 71.4 cm³/mol. The molecule has 4 heteroatoms. The van der Waals surface area contributed by atoms with Crippen LogP contribution in [-0.2, 0) is 0 Å². The van der Waals surface area contributed by atoms with Gasteiger partial charge in [-0.2, -0.15) is 0 Å². The van der Waals surface area contributed by atoms with Gasteiger partial charge in [-0.15, -0.1) is 12.4 Å². The van der Waals surface area contributed by atoms with Crippen LogP contribution in [-0.4, -0.2) is 5.11 Å². The third-order valence-corrected chi connectivity index (χ3v) is 2.74. The Balaban J connectivity index is 0.00000225. The summed E-state index contributed by atoms with van der Waals surface area (Å²) < 4.78 is 0. The smallest absolute Gasteiger partial charge is 0.120 e. The molecule has 0 saturated heterocycles. The highest BCUT2D eigenvalue weighted by Crippen LogP contribution is 2.28. The van der Waals surface area contributed by atoms with Crippen LogP contribution in [0.4, 0.5) is 0 Å². The number of hydrogen-bond donors (Lipinski definition) is 2. The topological polar surface area (TPSA) is 46.2 Å². The van der Waals surface area contributed by atoms with Crippen molar-refractivity contribution in [3.63, 3.8) is 0 Å². The van der Waals surface area contributed by atoms with E-state index in [1.165, 1.54) is 12.8 Å². The van der Waals surface area contributed by atoms with E-state index in [0.717, 1.165) is 18.4 Å². The Morgan fingerprint density at radius 3 is 2.69 bits per heavy atom. The maximum Gasteiger partial charge on any atom is 0.120 e. The number of aromatic hydroxyl groups is 1. The predicted octanol–water partition coefficient (Wildman–Crippen LogP) is 4.05. The van der Waals surface area contributed by atoms with Crippen molar-refractivity contribution in [3.8, 4) is 5.75 Å².